The standard InChI is InChI=1S/C24H23N3O2/c1-24(2,21(26-27-25)18-12-6-3-7-13-18)22(19-14-8-4-9-15-19)29-23(28)20-16-10-5-11-17-20/h3-17,21-22H,1-2H3/t21-,22-/m0/s1. The molecule has 0 aliphatic rings. The number of carbonyl (C=O) groups is 1. The lowest BCUT2D eigenvalue weighted by atomic mass is 9.74. The van der Waals surface area contributed by atoms with Gasteiger partial charge in [-0.15, -0.1) is 0 Å². The summed E-state index contributed by atoms with van der Waals surface area (Å²) in [6.45, 7) is 3.91. The Balaban J connectivity index is 2.04. The quantitative estimate of drug-likeness (QED) is 0.197. The molecule has 0 amide bonds. The van der Waals surface area contributed by atoms with Gasteiger partial charge in [0.15, 0.2) is 0 Å². The number of rotatable bonds is 7. The topological polar surface area (TPSA) is 75.1 Å². The Morgan fingerprint density at radius 1 is 0.862 bits per heavy atom. The second kappa shape index (κ2) is 9.09. The van der Waals surface area contributed by atoms with Gasteiger partial charge in [-0.1, -0.05) is 97.8 Å². The minimum atomic E-state index is -0.709. The van der Waals surface area contributed by atoms with Crippen molar-refractivity contribution >= 4 is 5.97 Å². The van der Waals surface area contributed by atoms with E-state index in [4.69, 9.17) is 4.74 Å². The molecule has 146 valence electrons. The highest BCUT2D eigenvalue weighted by atomic mass is 16.5. The summed E-state index contributed by atoms with van der Waals surface area (Å²) in [7, 11) is 0. The number of hydrogen-bond donors (Lipinski definition) is 0. The van der Waals surface area contributed by atoms with Gasteiger partial charge in [0.25, 0.3) is 0 Å². The van der Waals surface area contributed by atoms with Crippen LogP contribution in [0.4, 0.5) is 0 Å². The first kappa shape index (κ1) is 20.2. The van der Waals surface area contributed by atoms with Gasteiger partial charge in [0.05, 0.1) is 11.6 Å². The normalized spacial score (nSPS) is 13.0. The molecule has 3 aromatic rings. The molecule has 3 rings (SSSR count). The zero-order valence-electron chi connectivity index (χ0n) is 16.5. The molecule has 0 radical (unpaired) electrons. The second-order valence-electron chi connectivity index (χ2n) is 7.40. The smallest absolute Gasteiger partial charge is 0.338 e. The largest absolute Gasteiger partial charge is 0.453 e. The molecule has 0 aliphatic heterocycles. The van der Waals surface area contributed by atoms with Gasteiger partial charge in [0.2, 0.25) is 0 Å². The summed E-state index contributed by atoms with van der Waals surface area (Å²) in [5.41, 5.74) is 10.7. The van der Waals surface area contributed by atoms with Gasteiger partial charge in [0.1, 0.15) is 6.10 Å². The fourth-order valence-corrected chi connectivity index (χ4v) is 3.50. The van der Waals surface area contributed by atoms with E-state index in [1.165, 1.54) is 0 Å². The first-order valence-corrected chi connectivity index (χ1v) is 9.44. The Bertz CT molecular complexity index is 982. The summed E-state index contributed by atoms with van der Waals surface area (Å²) >= 11 is 0. The van der Waals surface area contributed by atoms with E-state index in [2.05, 4.69) is 10.0 Å². The first-order chi connectivity index (χ1) is 14.0. The molecular formula is C24H23N3O2. The lowest BCUT2D eigenvalue weighted by Gasteiger charge is -2.38. The molecule has 0 saturated carbocycles. The van der Waals surface area contributed by atoms with Crippen LogP contribution >= 0.6 is 0 Å². The molecule has 0 aromatic heterocycles. The third-order valence-corrected chi connectivity index (χ3v) is 5.00. The fourth-order valence-electron chi connectivity index (χ4n) is 3.50. The van der Waals surface area contributed by atoms with Crippen molar-refractivity contribution < 1.29 is 9.53 Å². The van der Waals surface area contributed by atoms with Crippen LogP contribution < -0.4 is 0 Å². The Morgan fingerprint density at radius 2 is 1.34 bits per heavy atom. The predicted molar refractivity (Wildman–Crippen MR) is 113 cm³/mol. The van der Waals surface area contributed by atoms with Crippen molar-refractivity contribution in [2.45, 2.75) is 26.0 Å². The van der Waals surface area contributed by atoms with Crippen LogP contribution in [-0.2, 0) is 4.74 Å². The molecule has 0 bridgehead atoms. The molecular weight excluding hydrogens is 362 g/mol. The van der Waals surface area contributed by atoms with Gasteiger partial charge in [-0.25, -0.2) is 4.79 Å². The Kier molecular flexibility index (Phi) is 6.32. The summed E-state index contributed by atoms with van der Waals surface area (Å²) in [4.78, 5) is 15.9. The molecule has 0 aliphatic carbocycles. The van der Waals surface area contributed by atoms with Crippen LogP contribution in [0.3, 0.4) is 0 Å². The molecule has 0 unspecified atom stereocenters. The van der Waals surface area contributed by atoms with E-state index < -0.39 is 23.5 Å². The van der Waals surface area contributed by atoms with Crippen molar-refractivity contribution in [1.82, 2.24) is 0 Å². The Labute approximate surface area is 170 Å². The lowest BCUT2D eigenvalue weighted by Crippen LogP contribution is -2.32. The van der Waals surface area contributed by atoms with E-state index in [1.54, 1.807) is 24.3 Å². The van der Waals surface area contributed by atoms with Crippen molar-refractivity contribution in [1.29, 1.82) is 0 Å². The highest BCUT2D eigenvalue weighted by Crippen LogP contribution is 2.48. The van der Waals surface area contributed by atoms with Crippen molar-refractivity contribution in [2.24, 2.45) is 10.5 Å². The minimum absolute atomic E-state index is 0.416. The highest BCUT2D eigenvalue weighted by molar-refractivity contribution is 5.89. The third-order valence-electron chi connectivity index (χ3n) is 5.00. The second-order valence-corrected chi connectivity index (χ2v) is 7.40. The zero-order chi connectivity index (χ0) is 20.7. The lowest BCUT2D eigenvalue weighted by molar-refractivity contribution is -0.0181. The summed E-state index contributed by atoms with van der Waals surface area (Å²) in [5, 5.41) is 4.08. The molecule has 5 heteroatoms. The van der Waals surface area contributed by atoms with Gasteiger partial charge in [-0.2, -0.15) is 0 Å². The van der Waals surface area contributed by atoms with Crippen molar-refractivity contribution in [3.8, 4) is 0 Å². The van der Waals surface area contributed by atoms with Gasteiger partial charge in [-0.05, 0) is 28.8 Å². The third kappa shape index (κ3) is 4.65. The number of ether oxygens (including phenoxy) is 1. The maximum Gasteiger partial charge on any atom is 0.338 e. The maximum atomic E-state index is 12.9. The van der Waals surface area contributed by atoms with E-state index in [0.29, 0.717) is 5.56 Å². The molecule has 0 fully saturated rings. The molecule has 29 heavy (non-hydrogen) atoms. The van der Waals surface area contributed by atoms with E-state index in [1.807, 2.05) is 80.6 Å². The fraction of sp³-hybridized carbons (Fsp3) is 0.208. The van der Waals surface area contributed by atoms with E-state index >= 15 is 0 Å². The van der Waals surface area contributed by atoms with Gasteiger partial charge in [0, 0.05) is 10.3 Å². The van der Waals surface area contributed by atoms with Crippen LogP contribution in [0.2, 0.25) is 0 Å². The van der Waals surface area contributed by atoms with Gasteiger partial charge < -0.3 is 4.74 Å². The number of azide groups is 1. The summed E-state index contributed by atoms with van der Waals surface area (Å²) < 4.78 is 6.01. The summed E-state index contributed by atoms with van der Waals surface area (Å²) in [6.07, 6.45) is -0.618. The molecule has 0 spiro atoms. The van der Waals surface area contributed by atoms with Crippen LogP contribution in [0, 0.1) is 5.41 Å². The SMILES string of the molecule is CC(C)([C@@H](N=[N+]=[N-])c1ccccc1)[C@@H](OC(=O)c1ccccc1)c1ccccc1. The van der Waals surface area contributed by atoms with Crippen molar-refractivity contribution in [3.63, 3.8) is 0 Å². The number of carbonyl (C=O) groups excluding carboxylic acids is 1. The zero-order valence-corrected chi connectivity index (χ0v) is 16.5. The van der Waals surface area contributed by atoms with Gasteiger partial charge in [-0.3, -0.25) is 0 Å². The number of nitrogens with zero attached hydrogens (tertiary/aromatic N) is 3. The first-order valence-electron chi connectivity index (χ1n) is 9.44. The average Bonchev–Trinajstić information content (AvgIpc) is 2.77. The monoisotopic (exact) mass is 385 g/mol. The molecule has 0 saturated heterocycles. The summed E-state index contributed by atoms with van der Waals surface area (Å²) in [5.74, 6) is -0.416. The molecule has 2 atom stereocenters. The van der Waals surface area contributed by atoms with Crippen LogP contribution in [-0.4, -0.2) is 5.97 Å². The van der Waals surface area contributed by atoms with Crippen LogP contribution in [0.25, 0.3) is 10.4 Å². The molecule has 0 heterocycles. The number of benzene rings is 3. The average molecular weight is 385 g/mol. The van der Waals surface area contributed by atoms with Crippen molar-refractivity contribution in [2.75, 3.05) is 0 Å². The van der Waals surface area contributed by atoms with Crippen LogP contribution in [0.15, 0.2) is 96.1 Å². The Morgan fingerprint density at radius 3 is 1.86 bits per heavy atom. The molecule has 5 nitrogen and oxygen atoms in total. The van der Waals surface area contributed by atoms with Crippen LogP contribution in [0.5, 0.6) is 0 Å². The van der Waals surface area contributed by atoms with Crippen molar-refractivity contribution in [3.05, 3.63) is 118 Å². The van der Waals surface area contributed by atoms with E-state index in [9.17, 15) is 10.3 Å². The highest BCUT2D eigenvalue weighted by Gasteiger charge is 2.41. The van der Waals surface area contributed by atoms with Crippen LogP contribution in [0.1, 0.15) is 47.5 Å². The summed E-state index contributed by atoms with van der Waals surface area (Å²) in [6, 6.07) is 27.5. The maximum absolute atomic E-state index is 12.9. The molecule has 3 aromatic carbocycles. The van der Waals surface area contributed by atoms with E-state index in [0.717, 1.165) is 11.1 Å². The Hall–Kier alpha value is -3.56. The number of esters is 1. The minimum Gasteiger partial charge on any atom is -0.453 e. The predicted octanol–water partition coefficient (Wildman–Crippen LogP) is 6.66. The molecule has 0 N–H and O–H groups in total. The number of hydrogen-bond acceptors (Lipinski definition) is 3. The van der Waals surface area contributed by atoms with E-state index in [-0.39, 0.29) is 0 Å². The van der Waals surface area contributed by atoms with Gasteiger partial charge >= 0.3 is 5.97 Å².